The van der Waals surface area contributed by atoms with Crippen molar-refractivity contribution in [1.82, 2.24) is 0 Å². The Morgan fingerprint density at radius 1 is 1.00 bits per heavy atom. The number of nitrogens with one attached hydrogen (secondary N) is 1. The SMILES string of the molecule is Cc1ccc(C)c(S(=O)(=O)Nc2c(C)cccc2O)c1. The van der Waals surface area contributed by atoms with Crippen molar-refractivity contribution in [2.24, 2.45) is 0 Å². The molecule has 0 saturated carbocycles. The molecule has 2 aromatic carbocycles. The van der Waals surface area contributed by atoms with E-state index in [0.717, 1.165) is 5.56 Å². The van der Waals surface area contributed by atoms with Gasteiger partial charge in [0, 0.05) is 0 Å². The fraction of sp³-hybridized carbons (Fsp3) is 0.200. The minimum atomic E-state index is -3.72. The van der Waals surface area contributed by atoms with Crippen molar-refractivity contribution in [3.05, 3.63) is 53.1 Å². The first-order valence-corrected chi connectivity index (χ1v) is 7.68. The Morgan fingerprint density at radius 2 is 1.70 bits per heavy atom. The van der Waals surface area contributed by atoms with Crippen LogP contribution in [0.4, 0.5) is 5.69 Å². The van der Waals surface area contributed by atoms with E-state index in [1.807, 2.05) is 13.0 Å². The molecule has 106 valence electrons. The van der Waals surface area contributed by atoms with Crippen LogP contribution in [0.2, 0.25) is 0 Å². The van der Waals surface area contributed by atoms with Crippen molar-refractivity contribution in [2.45, 2.75) is 25.7 Å². The largest absolute Gasteiger partial charge is 0.506 e. The summed E-state index contributed by atoms with van der Waals surface area (Å²) in [5, 5.41) is 9.80. The number of hydrogen-bond acceptors (Lipinski definition) is 3. The van der Waals surface area contributed by atoms with Gasteiger partial charge in [-0.2, -0.15) is 0 Å². The second kappa shape index (κ2) is 5.17. The van der Waals surface area contributed by atoms with Crippen LogP contribution >= 0.6 is 0 Å². The monoisotopic (exact) mass is 291 g/mol. The van der Waals surface area contributed by atoms with Gasteiger partial charge in [-0.05, 0) is 49.6 Å². The molecule has 0 aliphatic rings. The van der Waals surface area contributed by atoms with E-state index in [9.17, 15) is 13.5 Å². The van der Waals surface area contributed by atoms with E-state index in [4.69, 9.17) is 0 Å². The Balaban J connectivity index is 2.49. The topological polar surface area (TPSA) is 66.4 Å². The average molecular weight is 291 g/mol. The fourth-order valence-electron chi connectivity index (χ4n) is 1.97. The van der Waals surface area contributed by atoms with Gasteiger partial charge < -0.3 is 5.11 Å². The molecule has 0 fully saturated rings. The molecule has 0 atom stereocenters. The van der Waals surface area contributed by atoms with Gasteiger partial charge in [0.2, 0.25) is 0 Å². The van der Waals surface area contributed by atoms with Crippen LogP contribution in [-0.4, -0.2) is 13.5 Å². The molecule has 4 nitrogen and oxygen atoms in total. The van der Waals surface area contributed by atoms with Gasteiger partial charge in [-0.3, -0.25) is 4.72 Å². The van der Waals surface area contributed by atoms with E-state index in [-0.39, 0.29) is 16.3 Å². The second-order valence-electron chi connectivity index (χ2n) is 4.84. The molecule has 2 rings (SSSR count). The number of sulfonamides is 1. The van der Waals surface area contributed by atoms with Crippen LogP contribution in [0, 0.1) is 20.8 Å². The van der Waals surface area contributed by atoms with E-state index >= 15 is 0 Å². The van der Waals surface area contributed by atoms with Crippen molar-refractivity contribution in [3.63, 3.8) is 0 Å². The highest BCUT2D eigenvalue weighted by molar-refractivity contribution is 7.92. The number of rotatable bonds is 3. The summed E-state index contributed by atoms with van der Waals surface area (Å²) in [5.74, 6) is -0.0844. The average Bonchev–Trinajstić information content (AvgIpc) is 2.37. The molecule has 0 amide bonds. The molecule has 0 unspecified atom stereocenters. The zero-order valence-corrected chi connectivity index (χ0v) is 12.5. The molecule has 0 aliphatic heterocycles. The number of phenols is 1. The fourth-order valence-corrected chi connectivity index (χ4v) is 3.45. The van der Waals surface area contributed by atoms with Crippen LogP contribution in [0.25, 0.3) is 0 Å². The molecule has 5 heteroatoms. The third kappa shape index (κ3) is 2.77. The smallest absolute Gasteiger partial charge is 0.262 e. The van der Waals surface area contributed by atoms with E-state index in [1.165, 1.54) is 6.07 Å². The van der Waals surface area contributed by atoms with Crippen LogP contribution in [0.5, 0.6) is 5.75 Å². The lowest BCUT2D eigenvalue weighted by atomic mass is 10.2. The van der Waals surface area contributed by atoms with E-state index in [2.05, 4.69) is 4.72 Å². The van der Waals surface area contributed by atoms with Gasteiger partial charge in [0.1, 0.15) is 5.75 Å². The maximum Gasteiger partial charge on any atom is 0.262 e. The molecule has 2 aromatic rings. The van der Waals surface area contributed by atoms with Crippen molar-refractivity contribution < 1.29 is 13.5 Å². The van der Waals surface area contributed by atoms with Crippen LogP contribution < -0.4 is 4.72 Å². The minimum absolute atomic E-state index is 0.0844. The number of aryl methyl sites for hydroxylation is 3. The number of aromatic hydroxyl groups is 1. The summed E-state index contributed by atoms with van der Waals surface area (Å²) in [5.41, 5.74) is 2.41. The number of benzene rings is 2. The van der Waals surface area contributed by atoms with Gasteiger partial charge in [-0.1, -0.05) is 24.3 Å². The van der Waals surface area contributed by atoms with Gasteiger partial charge in [-0.25, -0.2) is 8.42 Å². The lowest BCUT2D eigenvalue weighted by molar-refractivity contribution is 0.477. The number of anilines is 1. The molecular weight excluding hydrogens is 274 g/mol. The Kier molecular flexibility index (Phi) is 3.72. The third-order valence-electron chi connectivity index (χ3n) is 3.12. The summed E-state index contributed by atoms with van der Waals surface area (Å²) in [7, 11) is -3.72. The van der Waals surface area contributed by atoms with Gasteiger partial charge in [-0.15, -0.1) is 0 Å². The summed E-state index contributed by atoms with van der Waals surface area (Å²) >= 11 is 0. The maximum atomic E-state index is 12.5. The second-order valence-corrected chi connectivity index (χ2v) is 6.49. The summed E-state index contributed by atoms with van der Waals surface area (Å²) in [6.45, 7) is 5.32. The quantitative estimate of drug-likeness (QED) is 0.854. The highest BCUT2D eigenvalue weighted by Crippen LogP contribution is 2.29. The predicted octanol–water partition coefficient (Wildman–Crippen LogP) is 3.12. The predicted molar refractivity (Wildman–Crippen MR) is 79.6 cm³/mol. The normalized spacial score (nSPS) is 11.3. The number of phenolic OH excluding ortho intramolecular Hbond substituents is 1. The summed E-state index contributed by atoms with van der Waals surface area (Å²) in [6, 6.07) is 10.1. The van der Waals surface area contributed by atoms with Crippen molar-refractivity contribution in [2.75, 3.05) is 4.72 Å². The summed E-state index contributed by atoms with van der Waals surface area (Å²) in [6.07, 6.45) is 0. The van der Waals surface area contributed by atoms with Crippen molar-refractivity contribution in [1.29, 1.82) is 0 Å². The number of para-hydroxylation sites is 1. The zero-order valence-electron chi connectivity index (χ0n) is 11.6. The van der Waals surface area contributed by atoms with Gasteiger partial charge in [0.05, 0.1) is 10.6 Å². The Labute approximate surface area is 119 Å². The number of hydrogen-bond donors (Lipinski definition) is 2. The highest BCUT2D eigenvalue weighted by atomic mass is 32.2. The highest BCUT2D eigenvalue weighted by Gasteiger charge is 2.19. The van der Waals surface area contributed by atoms with Crippen molar-refractivity contribution >= 4 is 15.7 Å². The van der Waals surface area contributed by atoms with Gasteiger partial charge >= 0.3 is 0 Å². The zero-order chi connectivity index (χ0) is 14.9. The first-order valence-electron chi connectivity index (χ1n) is 6.20. The van der Waals surface area contributed by atoms with Crippen molar-refractivity contribution in [3.8, 4) is 5.75 Å². The molecule has 0 radical (unpaired) electrons. The Hall–Kier alpha value is -2.01. The van der Waals surface area contributed by atoms with E-state index in [1.54, 1.807) is 38.1 Å². The minimum Gasteiger partial charge on any atom is -0.506 e. The first kappa shape index (κ1) is 14.4. The van der Waals surface area contributed by atoms with Gasteiger partial charge in [0.15, 0.2) is 0 Å². The van der Waals surface area contributed by atoms with Crippen LogP contribution in [0.3, 0.4) is 0 Å². The maximum absolute atomic E-state index is 12.5. The molecule has 0 spiro atoms. The first-order chi connectivity index (χ1) is 9.31. The summed E-state index contributed by atoms with van der Waals surface area (Å²) in [4.78, 5) is 0.222. The molecule has 0 aromatic heterocycles. The van der Waals surface area contributed by atoms with Gasteiger partial charge in [0.25, 0.3) is 10.0 Å². The lowest BCUT2D eigenvalue weighted by Gasteiger charge is -2.14. The van der Waals surface area contributed by atoms with E-state index in [0.29, 0.717) is 11.1 Å². The molecule has 0 bridgehead atoms. The lowest BCUT2D eigenvalue weighted by Crippen LogP contribution is -2.15. The molecule has 0 aliphatic carbocycles. The van der Waals surface area contributed by atoms with E-state index < -0.39 is 10.0 Å². The molecule has 0 saturated heterocycles. The molecule has 20 heavy (non-hydrogen) atoms. The third-order valence-corrected chi connectivity index (χ3v) is 4.61. The Morgan fingerprint density at radius 3 is 2.35 bits per heavy atom. The molecular formula is C15H17NO3S. The van der Waals surface area contributed by atoms with Crippen LogP contribution in [0.15, 0.2) is 41.3 Å². The van der Waals surface area contributed by atoms with Crippen LogP contribution in [0.1, 0.15) is 16.7 Å². The molecule has 2 N–H and O–H groups in total. The molecule has 0 heterocycles. The standard InChI is InChI=1S/C15H17NO3S/c1-10-7-8-11(2)14(9-10)20(18,19)16-15-12(3)5-4-6-13(15)17/h4-9,16-17H,1-3H3. The summed E-state index contributed by atoms with van der Waals surface area (Å²) < 4.78 is 27.4. The van der Waals surface area contributed by atoms with Crippen LogP contribution in [-0.2, 0) is 10.0 Å². The Bertz CT molecular complexity index is 731.